The average Bonchev–Trinajstić information content (AvgIpc) is 2.62. The first-order valence-corrected chi connectivity index (χ1v) is 8.82. The number of sulfonamides is 1. The summed E-state index contributed by atoms with van der Waals surface area (Å²) in [4.78, 5) is 0.271. The van der Waals surface area contributed by atoms with E-state index < -0.39 is 15.6 Å². The molecule has 0 saturated carbocycles. The monoisotopic (exact) mass is 316 g/mol. The summed E-state index contributed by atoms with van der Waals surface area (Å²) in [7, 11) is -3.64. The third-order valence-corrected chi connectivity index (χ3v) is 5.46. The zero-order valence-corrected chi connectivity index (χ0v) is 14.7. The van der Waals surface area contributed by atoms with Crippen LogP contribution in [0.15, 0.2) is 4.90 Å². The van der Waals surface area contributed by atoms with Crippen molar-refractivity contribution < 1.29 is 8.42 Å². The number of aryl methyl sites for hydroxylation is 2. The lowest BCUT2D eigenvalue weighted by Crippen LogP contribution is -2.52. The molecule has 0 bridgehead atoms. The molecule has 1 aromatic heterocycles. The minimum Gasteiger partial charge on any atom is -0.329 e. The van der Waals surface area contributed by atoms with E-state index in [0.717, 1.165) is 0 Å². The molecule has 7 heteroatoms. The summed E-state index contributed by atoms with van der Waals surface area (Å²) < 4.78 is 30.0. The van der Waals surface area contributed by atoms with E-state index in [1.54, 1.807) is 18.5 Å². The molecule has 1 aromatic rings. The SMILES string of the molecule is CCn1nc(C)c(S(=O)(=O)N[C@@](C)(CN)CC(C)C)c1C. The molecule has 1 atom stereocenters. The molecule has 0 aromatic carbocycles. The number of hydrogen-bond acceptors (Lipinski definition) is 4. The molecule has 6 nitrogen and oxygen atoms in total. The van der Waals surface area contributed by atoms with Crippen molar-refractivity contribution in [3.8, 4) is 0 Å². The third-order valence-electron chi connectivity index (χ3n) is 3.57. The van der Waals surface area contributed by atoms with E-state index in [-0.39, 0.29) is 11.4 Å². The highest BCUT2D eigenvalue weighted by Crippen LogP contribution is 2.23. The standard InChI is InChI=1S/C14H28N4O2S/c1-7-18-12(5)13(11(4)16-18)21(19,20)17-14(6,9-15)8-10(2)3/h10,17H,7-9,15H2,1-6H3/t14-/m1/s1. The third kappa shape index (κ3) is 4.05. The van der Waals surface area contributed by atoms with Gasteiger partial charge in [0.2, 0.25) is 10.0 Å². The average molecular weight is 316 g/mol. The summed E-state index contributed by atoms with van der Waals surface area (Å²) in [5.74, 6) is 0.349. The van der Waals surface area contributed by atoms with E-state index in [9.17, 15) is 8.42 Å². The number of aromatic nitrogens is 2. The number of rotatable bonds is 7. The number of nitrogens with one attached hydrogen (secondary N) is 1. The summed E-state index contributed by atoms with van der Waals surface area (Å²) in [6.07, 6.45) is 0.683. The van der Waals surface area contributed by atoms with Crippen LogP contribution in [0, 0.1) is 19.8 Å². The number of nitrogens with two attached hydrogens (primary N) is 1. The Hall–Kier alpha value is -0.920. The van der Waals surface area contributed by atoms with E-state index >= 15 is 0 Å². The molecule has 0 radical (unpaired) electrons. The van der Waals surface area contributed by atoms with Crippen molar-refractivity contribution in [3.63, 3.8) is 0 Å². The van der Waals surface area contributed by atoms with Gasteiger partial charge >= 0.3 is 0 Å². The Labute approximate surface area is 128 Å². The number of nitrogens with zero attached hydrogens (tertiary/aromatic N) is 2. The number of hydrogen-bond donors (Lipinski definition) is 2. The first kappa shape index (κ1) is 18.1. The Morgan fingerprint density at radius 2 is 1.95 bits per heavy atom. The van der Waals surface area contributed by atoms with E-state index in [1.807, 2.05) is 27.7 Å². The largest absolute Gasteiger partial charge is 0.329 e. The molecule has 3 N–H and O–H groups in total. The van der Waals surface area contributed by atoms with Gasteiger partial charge in [-0.3, -0.25) is 4.68 Å². The zero-order chi connectivity index (χ0) is 16.4. The van der Waals surface area contributed by atoms with Gasteiger partial charge in [0.15, 0.2) is 0 Å². The Morgan fingerprint density at radius 1 is 1.38 bits per heavy atom. The molecule has 0 aliphatic carbocycles. The van der Waals surface area contributed by atoms with Gasteiger partial charge in [0.05, 0.1) is 11.4 Å². The summed E-state index contributed by atoms with van der Waals surface area (Å²) >= 11 is 0. The van der Waals surface area contributed by atoms with Gasteiger partial charge in [-0.05, 0) is 40.0 Å². The quantitative estimate of drug-likeness (QED) is 0.799. The topological polar surface area (TPSA) is 90.0 Å². The fourth-order valence-electron chi connectivity index (χ4n) is 2.82. The van der Waals surface area contributed by atoms with Crippen molar-refractivity contribution in [1.29, 1.82) is 0 Å². The van der Waals surface area contributed by atoms with Crippen molar-refractivity contribution in [2.45, 2.75) is 64.9 Å². The van der Waals surface area contributed by atoms with E-state index in [4.69, 9.17) is 5.73 Å². The highest BCUT2D eigenvalue weighted by Gasteiger charge is 2.33. The second-order valence-corrected chi connectivity index (χ2v) is 7.90. The van der Waals surface area contributed by atoms with Gasteiger partial charge in [-0.2, -0.15) is 5.10 Å². The van der Waals surface area contributed by atoms with Gasteiger partial charge in [-0.25, -0.2) is 13.1 Å². The van der Waals surface area contributed by atoms with Crippen LogP contribution in [-0.4, -0.2) is 30.3 Å². The van der Waals surface area contributed by atoms with E-state index in [1.165, 1.54) is 0 Å². The maximum atomic E-state index is 12.7. The van der Waals surface area contributed by atoms with Gasteiger partial charge in [0.25, 0.3) is 0 Å². The minimum atomic E-state index is -3.64. The molecule has 0 aliphatic rings. The molecule has 1 rings (SSSR count). The van der Waals surface area contributed by atoms with E-state index in [0.29, 0.717) is 30.3 Å². The lowest BCUT2D eigenvalue weighted by atomic mass is 9.92. The summed E-state index contributed by atoms with van der Waals surface area (Å²) in [5, 5.41) is 4.28. The zero-order valence-electron chi connectivity index (χ0n) is 13.9. The van der Waals surface area contributed by atoms with Gasteiger partial charge in [0.1, 0.15) is 4.90 Å². The summed E-state index contributed by atoms with van der Waals surface area (Å²) in [5.41, 5.74) is 6.33. The lowest BCUT2D eigenvalue weighted by Gasteiger charge is -2.30. The normalized spacial score (nSPS) is 15.4. The van der Waals surface area contributed by atoms with Crippen LogP contribution in [-0.2, 0) is 16.6 Å². The van der Waals surface area contributed by atoms with Crippen LogP contribution in [0.5, 0.6) is 0 Å². The first-order valence-electron chi connectivity index (χ1n) is 7.34. The van der Waals surface area contributed by atoms with Crippen LogP contribution in [0.2, 0.25) is 0 Å². The molecule has 0 amide bonds. The molecular weight excluding hydrogens is 288 g/mol. The van der Waals surface area contributed by atoms with Crippen LogP contribution in [0.3, 0.4) is 0 Å². The fraction of sp³-hybridized carbons (Fsp3) is 0.786. The summed E-state index contributed by atoms with van der Waals surface area (Å²) in [6, 6.07) is 0. The molecule has 21 heavy (non-hydrogen) atoms. The fourth-order valence-corrected chi connectivity index (χ4v) is 4.66. The maximum absolute atomic E-state index is 12.7. The van der Waals surface area contributed by atoms with Gasteiger partial charge in [0, 0.05) is 18.6 Å². The van der Waals surface area contributed by atoms with Crippen LogP contribution in [0.4, 0.5) is 0 Å². The smallest absolute Gasteiger partial charge is 0.244 e. The molecule has 1 heterocycles. The van der Waals surface area contributed by atoms with Gasteiger partial charge < -0.3 is 5.73 Å². The van der Waals surface area contributed by atoms with Crippen LogP contribution in [0.1, 0.15) is 45.5 Å². The second kappa shape index (κ2) is 6.46. The Kier molecular flexibility index (Phi) is 5.57. The maximum Gasteiger partial charge on any atom is 0.244 e. The molecule has 0 spiro atoms. The van der Waals surface area contributed by atoms with Crippen LogP contribution in [0.25, 0.3) is 0 Å². The first-order chi connectivity index (χ1) is 9.56. The molecule has 0 saturated heterocycles. The molecule has 122 valence electrons. The highest BCUT2D eigenvalue weighted by atomic mass is 32.2. The summed E-state index contributed by atoms with van der Waals surface area (Å²) in [6.45, 7) is 12.3. The molecular formula is C14H28N4O2S. The minimum absolute atomic E-state index is 0.254. The lowest BCUT2D eigenvalue weighted by molar-refractivity contribution is 0.344. The van der Waals surface area contributed by atoms with Crippen molar-refractivity contribution in [2.75, 3.05) is 6.54 Å². The molecule has 0 unspecified atom stereocenters. The van der Waals surface area contributed by atoms with Crippen molar-refractivity contribution in [3.05, 3.63) is 11.4 Å². The molecule has 0 aliphatic heterocycles. The van der Waals surface area contributed by atoms with Gasteiger partial charge in [-0.1, -0.05) is 13.8 Å². The Morgan fingerprint density at radius 3 is 2.33 bits per heavy atom. The van der Waals surface area contributed by atoms with Crippen molar-refractivity contribution in [2.24, 2.45) is 11.7 Å². The van der Waals surface area contributed by atoms with Crippen molar-refractivity contribution in [1.82, 2.24) is 14.5 Å². The highest BCUT2D eigenvalue weighted by molar-refractivity contribution is 7.89. The van der Waals surface area contributed by atoms with Crippen LogP contribution >= 0.6 is 0 Å². The Balaban J connectivity index is 3.20. The van der Waals surface area contributed by atoms with Gasteiger partial charge in [-0.15, -0.1) is 0 Å². The molecule has 0 fully saturated rings. The second-order valence-electron chi connectivity index (χ2n) is 6.28. The van der Waals surface area contributed by atoms with Crippen molar-refractivity contribution >= 4 is 10.0 Å². The predicted molar refractivity (Wildman–Crippen MR) is 84.6 cm³/mol. The Bertz CT molecular complexity index is 592. The van der Waals surface area contributed by atoms with Crippen LogP contribution < -0.4 is 10.5 Å². The predicted octanol–water partition coefficient (Wildman–Crippen LogP) is 1.56. The van der Waals surface area contributed by atoms with E-state index in [2.05, 4.69) is 9.82 Å².